The molecule has 0 spiro atoms. The van der Waals surface area contributed by atoms with Crippen LogP contribution in [0, 0.1) is 0 Å². The molecule has 0 radical (unpaired) electrons. The van der Waals surface area contributed by atoms with Crippen LogP contribution in [0.4, 0.5) is 0 Å². The fourth-order valence-electron chi connectivity index (χ4n) is 1.94. The molecule has 1 aromatic heterocycles. The van der Waals surface area contributed by atoms with Crippen molar-refractivity contribution in [1.29, 1.82) is 0 Å². The number of aromatic amines is 1. The zero-order valence-corrected chi connectivity index (χ0v) is 9.36. The van der Waals surface area contributed by atoms with Crippen LogP contribution in [0.25, 0.3) is 0 Å². The van der Waals surface area contributed by atoms with Crippen LogP contribution in [0.3, 0.4) is 0 Å². The Morgan fingerprint density at radius 3 is 2.94 bits per heavy atom. The summed E-state index contributed by atoms with van der Waals surface area (Å²) in [5.41, 5.74) is -0.0533. The monoisotopic (exact) mass is 224 g/mol. The van der Waals surface area contributed by atoms with Crippen molar-refractivity contribution >= 4 is 0 Å². The van der Waals surface area contributed by atoms with Crippen LogP contribution in [0.15, 0.2) is 15.8 Å². The molecule has 1 saturated heterocycles. The second kappa shape index (κ2) is 4.65. The topological polar surface area (TPSA) is 64.1 Å². The van der Waals surface area contributed by atoms with Crippen LogP contribution in [-0.4, -0.2) is 16.2 Å². The van der Waals surface area contributed by atoms with E-state index in [0.717, 1.165) is 19.3 Å². The molecule has 0 bridgehead atoms. The second-order valence-electron chi connectivity index (χ2n) is 4.00. The molecular weight excluding hydrogens is 208 g/mol. The van der Waals surface area contributed by atoms with Gasteiger partial charge in [-0.15, -0.1) is 0 Å². The molecule has 1 aromatic rings. The van der Waals surface area contributed by atoms with E-state index in [1.165, 1.54) is 4.57 Å². The quantitative estimate of drug-likeness (QED) is 0.808. The van der Waals surface area contributed by atoms with Crippen LogP contribution in [-0.2, 0) is 11.2 Å². The fraction of sp³-hybridized carbons (Fsp3) is 0.636. The molecule has 2 heterocycles. The Kier molecular flexibility index (Phi) is 3.24. The Balaban J connectivity index is 2.39. The van der Waals surface area contributed by atoms with Gasteiger partial charge in [0.15, 0.2) is 0 Å². The highest BCUT2D eigenvalue weighted by Crippen LogP contribution is 2.20. The van der Waals surface area contributed by atoms with Crippen molar-refractivity contribution in [2.24, 2.45) is 0 Å². The van der Waals surface area contributed by atoms with Gasteiger partial charge in [0.2, 0.25) is 0 Å². The average molecular weight is 224 g/mol. The average Bonchev–Trinajstić information content (AvgIpc) is 2.30. The lowest BCUT2D eigenvalue weighted by Gasteiger charge is -2.24. The highest BCUT2D eigenvalue weighted by Gasteiger charge is 2.17. The molecule has 1 aliphatic heterocycles. The van der Waals surface area contributed by atoms with Crippen molar-refractivity contribution in [1.82, 2.24) is 9.55 Å². The van der Waals surface area contributed by atoms with E-state index >= 15 is 0 Å². The standard InChI is InChI=1S/C11H16N2O3/c1-2-8-7-13(11(15)12-10(8)14)9-5-3-4-6-16-9/h7,9H,2-6H2,1H3,(H,12,14,15)/t9-/m1/s1. The van der Waals surface area contributed by atoms with Gasteiger partial charge in [0.1, 0.15) is 6.23 Å². The predicted molar refractivity (Wildman–Crippen MR) is 59.5 cm³/mol. The molecule has 0 aliphatic carbocycles. The molecule has 1 atom stereocenters. The normalized spacial score (nSPS) is 20.9. The number of aromatic nitrogens is 2. The van der Waals surface area contributed by atoms with Crippen LogP contribution < -0.4 is 11.2 Å². The fourth-order valence-corrected chi connectivity index (χ4v) is 1.94. The van der Waals surface area contributed by atoms with Gasteiger partial charge in [0.25, 0.3) is 5.56 Å². The van der Waals surface area contributed by atoms with E-state index in [0.29, 0.717) is 18.6 Å². The van der Waals surface area contributed by atoms with Gasteiger partial charge >= 0.3 is 5.69 Å². The zero-order valence-electron chi connectivity index (χ0n) is 9.36. The summed E-state index contributed by atoms with van der Waals surface area (Å²) in [4.78, 5) is 25.4. The van der Waals surface area contributed by atoms with Crippen molar-refractivity contribution in [3.05, 3.63) is 32.6 Å². The molecule has 2 rings (SSSR count). The summed E-state index contributed by atoms with van der Waals surface area (Å²) in [5, 5.41) is 0. The minimum absolute atomic E-state index is 0.219. The molecule has 1 aliphatic rings. The molecule has 5 heteroatoms. The lowest BCUT2D eigenvalue weighted by Crippen LogP contribution is -2.35. The molecule has 5 nitrogen and oxygen atoms in total. The third-order valence-corrected chi connectivity index (χ3v) is 2.89. The van der Waals surface area contributed by atoms with Crippen molar-refractivity contribution in [3.8, 4) is 0 Å². The zero-order chi connectivity index (χ0) is 11.5. The SMILES string of the molecule is CCc1cn([C@H]2CCCCO2)c(=O)[nH]c1=O. The van der Waals surface area contributed by atoms with Crippen molar-refractivity contribution in [2.45, 2.75) is 38.8 Å². The smallest absolute Gasteiger partial charge is 0.330 e. The van der Waals surface area contributed by atoms with Gasteiger partial charge in [-0.05, 0) is 25.7 Å². The van der Waals surface area contributed by atoms with Gasteiger partial charge < -0.3 is 4.74 Å². The van der Waals surface area contributed by atoms with Gasteiger partial charge in [0.05, 0.1) is 0 Å². The van der Waals surface area contributed by atoms with E-state index in [2.05, 4.69) is 4.98 Å². The number of ether oxygens (including phenoxy) is 1. The van der Waals surface area contributed by atoms with E-state index in [9.17, 15) is 9.59 Å². The van der Waals surface area contributed by atoms with E-state index in [-0.39, 0.29) is 17.5 Å². The maximum atomic E-state index is 11.6. The van der Waals surface area contributed by atoms with E-state index in [1.807, 2.05) is 6.92 Å². The number of aryl methyl sites for hydroxylation is 1. The second-order valence-corrected chi connectivity index (χ2v) is 4.00. The third kappa shape index (κ3) is 2.09. The first-order valence-corrected chi connectivity index (χ1v) is 5.68. The molecule has 1 fully saturated rings. The highest BCUT2D eigenvalue weighted by molar-refractivity contribution is 5.04. The van der Waals surface area contributed by atoms with Gasteiger partial charge in [-0.2, -0.15) is 0 Å². The maximum absolute atomic E-state index is 11.6. The third-order valence-electron chi connectivity index (χ3n) is 2.89. The lowest BCUT2D eigenvalue weighted by atomic mass is 10.2. The Morgan fingerprint density at radius 2 is 2.31 bits per heavy atom. The molecular formula is C11H16N2O3. The minimum atomic E-state index is -0.380. The van der Waals surface area contributed by atoms with Gasteiger partial charge in [-0.25, -0.2) is 4.79 Å². The summed E-state index contributed by atoms with van der Waals surface area (Å²) in [5.74, 6) is 0. The Bertz CT molecular complexity index is 469. The maximum Gasteiger partial charge on any atom is 0.330 e. The molecule has 0 amide bonds. The number of hydrogen-bond donors (Lipinski definition) is 1. The molecule has 1 N–H and O–H groups in total. The van der Waals surface area contributed by atoms with Gasteiger partial charge in [-0.3, -0.25) is 14.3 Å². The molecule has 0 saturated carbocycles. The van der Waals surface area contributed by atoms with Crippen molar-refractivity contribution < 1.29 is 4.74 Å². The summed E-state index contributed by atoms with van der Waals surface area (Å²) in [6.45, 7) is 2.57. The Hall–Kier alpha value is -1.36. The highest BCUT2D eigenvalue weighted by atomic mass is 16.5. The first-order chi connectivity index (χ1) is 7.72. The lowest BCUT2D eigenvalue weighted by molar-refractivity contribution is -0.0350. The van der Waals surface area contributed by atoms with Crippen LogP contribution >= 0.6 is 0 Å². The summed E-state index contributed by atoms with van der Waals surface area (Å²) in [6.07, 6.45) is 4.94. The van der Waals surface area contributed by atoms with E-state index in [1.54, 1.807) is 6.20 Å². The summed E-state index contributed by atoms with van der Waals surface area (Å²) in [7, 11) is 0. The summed E-state index contributed by atoms with van der Waals surface area (Å²) < 4.78 is 7.02. The number of H-pyrrole nitrogens is 1. The number of nitrogens with one attached hydrogen (secondary N) is 1. The molecule has 0 aromatic carbocycles. The first-order valence-electron chi connectivity index (χ1n) is 5.68. The van der Waals surface area contributed by atoms with Crippen molar-refractivity contribution in [3.63, 3.8) is 0 Å². The van der Waals surface area contributed by atoms with E-state index in [4.69, 9.17) is 4.74 Å². The van der Waals surface area contributed by atoms with E-state index < -0.39 is 0 Å². The number of nitrogens with zero attached hydrogens (tertiary/aromatic N) is 1. The largest absolute Gasteiger partial charge is 0.358 e. The van der Waals surface area contributed by atoms with Crippen LogP contribution in [0.1, 0.15) is 38.0 Å². The number of rotatable bonds is 2. The van der Waals surface area contributed by atoms with Gasteiger partial charge in [0, 0.05) is 18.4 Å². The Labute approximate surface area is 93.1 Å². The molecule has 16 heavy (non-hydrogen) atoms. The van der Waals surface area contributed by atoms with Crippen molar-refractivity contribution in [2.75, 3.05) is 6.61 Å². The van der Waals surface area contributed by atoms with Crippen LogP contribution in [0.2, 0.25) is 0 Å². The summed E-state index contributed by atoms with van der Waals surface area (Å²) in [6, 6.07) is 0. The predicted octanol–water partition coefficient (Wildman–Crippen LogP) is 0.798. The Morgan fingerprint density at radius 1 is 1.50 bits per heavy atom. The summed E-state index contributed by atoms with van der Waals surface area (Å²) >= 11 is 0. The molecule has 88 valence electrons. The number of hydrogen-bond acceptors (Lipinski definition) is 3. The van der Waals surface area contributed by atoms with Crippen LogP contribution in [0.5, 0.6) is 0 Å². The minimum Gasteiger partial charge on any atom is -0.358 e. The van der Waals surface area contributed by atoms with Gasteiger partial charge in [-0.1, -0.05) is 6.92 Å². The molecule has 0 unspecified atom stereocenters. The first kappa shape index (κ1) is 11.1.